The number of hydrogen-bond acceptors (Lipinski definition) is 5. The molecule has 1 aliphatic rings. The molecule has 31 heavy (non-hydrogen) atoms. The number of aromatic nitrogens is 1. The highest BCUT2D eigenvalue weighted by Crippen LogP contribution is 2.28. The summed E-state index contributed by atoms with van der Waals surface area (Å²) >= 11 is 0. The van der Waals surface area contributed by atoms with E-state index in [1.807, 2.05) is 63.4 Å². The Labute approximate surface area is 182 Å². The summed E-state index contributed by atoms with van der Waals surface area (Å²) in [6, 6.07) is 13.5. The zero-order chi connectivity index (χ0) is 22.0. The highest BCUT2D eigenvalue weighted by Gasteiger charge is 2.25. The maximum absolute atomic E-state index is 13.1. The molecule has 0 bridgehead atoms. The molecule has 0 atom stereocenters. The molecule has 160 valence electrons. The molecule has 4 rings (SSSR count). The van der Waals surface area contributed by atoms with Crippen LogP contribution in [-0.4, -0.2) is 42.0 Å². The van der Waals surface area contributed by atoms with Gasteiger partial charge < -0.3 is 15.0 Å². The largest absolute Gasteiger partial charge is 0.452 e. The Balaban J connectivity index is 1.57. The Morgan fingerprint density at radius 3 is 2.77 bits per heavy atom. The Kier molecular flexibility index (Phi) is 6.00. The summed E-state index contributed by atoms with van der Waals surface area (Å²) in [7, 11) is 2.02. The third-order valence-corrected chi connectivity index (χ3v) is 5.78. The van der Waals surface area contributed by atoms with Gasteiger partial charge in [-0.3, -0.25) is 9.78 Å². The van der Waals surface area contributed by atoms with Crippen LogP contribution in [0.3, 0.4) is 0 Å². The summed E-state index contributed by atoms with van der Waals surface area (Å²) in [4.78, 5) is 32.6. The van der Waals surface area contributed by atoms with Gasteiger partial charge in [-0.05, 0) is 37.6 Å². The first kappa shape index (κ1) is 21.0. The molecule has 6 nitrogen and oxygen atoms in total. The van der Waals surface area contributed by atoms with Gasteiger partial charge in [0.2, 0.25) is 0 Å². The third kappa shape index (κ3) is 4.30. The topological polar surface area (TPSA) is 71.5 Å². The van der Waals surface area contributed by atoms with Gasteiger partial charge in [-0.25, -0.2) is 4.79 Å². The minimum atomic E-state index is -0.485. The lowest BCUT2D eigenvalue weighted by molar-refractivity contribution is -0.119. The molecule has 3 aromatic rings. The lowest BCUT2D eigenvalue weighted by Gasteiger charge is -2.26. The number of para-hydroxylation sites is 2. The number of likely N-dealkylation sites (N-methyl/N-ethyl adjacent to an activating group) is 1. The van der Waals surface area contributed by atoms with E-state index in [0.29, 0.717) is 12.1 Å². The number of carbonyl (C=O) groups excluding carboxylic acids is 2. The van der Waals surface area contributed by atoms with Crippen LogP contribution in [0, 0.1) is 6.92 Å². The van der Waals surface area contributed by atoms with Crippen LogP contribution in [0.15, 0.2) is 42.5 Å². The standard InChI is InChI=1S/C25H27N3O3/c1-4-17-9-7-8-16(2)24(17)27-22(29)15-31-25(30)23-18-10-5-6-11-20(18)26-21-12-13-28(3)14-19(21)23/h5-11H,4,12-15H2,1-3H3,(H,27,29). The maximum atomic E-state index is 13.1. The van der Waals surface area contributed by atoms with Crippen molar-refractivity contribution in [3.05, 3.63) is 70.4 Å². The van der Waals surface area contributed by atoms with Gasteiger partial charge in [-0.1, -0.05) is 43.3 Å². The van der Waals surface area contributed by atoms with E-state index < -0.39 is 5.97 Å². The van der Waals surface area contributed by atoms with E-state index >= 15 is 0 Å². The van der Waals surface area contributed by atoms with Crippen LogP contribution in [0.5, 0.6) is 0 Å². The molecule has 1 aliphatic heterocycles. The Bertz CT molecular complexity index is 1160. The number of pyridine rings is 1. The van der Waals surface area contributed by atoms with E-state index in [1.54, 1.807) is 0 Å². The molecular weight excluding hydrogens is 390 g/mol. The molecule has 2 heterocycles. The van der Waals surface area contributed by atoms with Crippen LogP contribution in [-0.2, 0) is 28.9 Å². The number of hydrogen-bond donors (Lipinski definition) is 1. The van der Waals surface area contributed by atoms with Crippen LogP contribution in [0.4, 0.5) is 5.69 Å². The van der Waals surface area contributed by atoms with Crippen LogP contribution >= 0.6 is 0 Å². The van der Waals surface area contributed by atoms with Gasteiger partial charge in [0.05, 0.1) is 11.1 Å². The fourth-order valence-corrected chi connectivity index (χ4v) is 4.14. The highest BCUT2D eigenvalue weighted by molar-refractivity contribution is 6.06. The lowest BCUT2D eigenvalue weighted by Crippen LogP contribution is -2.30. The lowest BCUT2D eigenvalue weighted by atomic mass is 9.96. The minimum Gasteiger partial charge on any atom is -0.452 e. The molecule has 2 aromatic carbocycles. The number of anilines is 1. The van der Waals surface area contributed by atoms with E-state index in [1.165, 1.54) is 0 Å². The van der Waals surface area contributed by atoms with E-state index in [2.05, 4.69) is 10.2 Å². The maximum Gasteiger partial charge on any atom is 0.339 e. The average molecular weight is 418 g/mol. The van der Waals surface area contributed by atoms with Gasteiger partial charge in [0.1, 0.15) is 0 Å². The Morgan fingerprint density at radius 1 is 1.16 bits per heavy atom. The quantitative estimate of drug-likeness (QED) is 0.638. The average Bonchev–Trinajstić information content (AvgIpc) is 2.77. The molecule has 0 saturated heterocycles. The van der Waals surface area contributed by atoms with Gasteiger partial charge in [-0.15, -0.1) is 0 Å². The first-order valence-corrected chi connectivity index (χ1v) is 10.6. The van der Waals surface area contributed by atoms with Crippen LogP contribution < -0.4 is 5.32 Å². The number of nitrogens with one attached hydrogen (secondary N) is 1. The third-order valence-electron chi connectivity index (χ3n) is 5.78. The van der Waals surface area contributed by atoms with Crippen LogP contribution in [0.1, 0.15) is 39.7 Å². The fourth-order valence-electron chi connectivity index (χ4n) is 4.14. The summed E-state index contributed by atoms with van der Waals surface area (Å²) in [6.07, 6.45) is 1.59. The molecule has 0 unspecified atom stereocenters. The van der Waals surface area contributed by atoms with E-state index in [-0.39, 0.29) is 12.5 Å². The number of aryl methyl sites for hydroxylation is 2. The molecular formula is C25H27N3O3. The fraction of sp³-hybridized carbons (Fsp3) is 0.320. The summed E-state index contributed by atoms with van der Waals surface area (Å²) < 4.78 is 5.49. The molecule has 1 aromatic heterocycles. The summed E-state index contributed by atoms with van der Waals surface area (Å²) in [5.74, 6) is -0.831. The first-order valence-electron chi connectivity index (χ1n) is 10.6. The van der Waals surface area contributed by atoms with E-state index in [4.69, 9.17) is 9.72 Å². The Hall–Kier alpha value is -3.25. The second-order valence-corrected chi connectivity index (χ2v) is 8.00. The van der Waals surface area contributed by atoms with Crippen molar-refractivity contribution < 1.29 is 14.3 Å². The second kappa shape index (κ2) is 8.86. The molecule has 0 spiro atoms. The van der Waals surface area contributed by atoms with E-state index in [9.17, 15) is 9.59 Å². The number of carbonyl (C=O) groups is 2. The molecule has 1 N–H and O–H groups in total. The van der Waals surface area contributed by atoms with Crippen LogP contribution in [0.25, 0.3) is 10.9 Å². The molecule has 0 aliphatic carbocycles. The van der Waals surface area contributed by atoms with Crippen molar-refractivity contribution in [1.29, 1.82) is 0 Å². The van der Waals surface area contributed by atoms with E-state index in [0.717, 1.165) is 58.4 Å². The highest BCUT2D eigenvalue weighted by atomic mass is 16.5. The van der Waals surface area contributed by atoms with Gasteiger partial charge in [0.25, 0.3) is 5.91 Å². The minimum absolute atomic E-state index is 0.336. The smallest absolute Gasteiger partial charge is 0.339 e. The monoisotopic (exact) mass is 417 g/mol. The molecule has 6 heteroatoms. The number of esters is 1. The van der Waals surface area contributed by atoms with Gasteiger partial charge in [0, 0.05) is 41.8 Å². The van der Waals surface area contributed by atoms with Crippen molar-refractivity contribution in [2.24, 2.45) is 0 Å². The number of ether oxygens (including phenoxy) is 1. The van der Waals surface area contributed by atoms with Gasteiger partial charge in [-0.2, -0.15) is 0 Å². The normalized spacial score (nSPS) is 13.6. The Morgan fingerprint density at radius 2 is 1.97 bits per heavy atom. The van der Waals surface area contributed by atoms with Crippen LogP contribution in [0.2, 0.25) is 0 Å². The van der Waals surface area contributed by atoms with Crippen molar-refractivity contribution >= 4 is 28.5 Å². The van der Waals surface area contributed by atoms with Crippen molar-refractivity contribution in [2.45, 2.75) is 33.2 Å². The number of fused-ring (bicyclic) bond motifs is 2. The molecule has 0 fully saturated rings. The van der Waals surface area contributed by atoms with Gasteiger partial charge in [0.15, 0.2) is 6.61 Å². The molecule has 0 saturated carbocycles. The number of benzene rings is 2. The molecule has 0 radical (unpaired) electrons. The number of amides is 1. The SMILES string of the molecule is CCc1cccc(C)c1NC(=O)COC(=O)c1c2c(nc3ccccc13)CCN(C)C2. The predicted molar refractivity (Wildman–Crippen MR) is 121 cm³/mol. The number of nitrogens with zero attached hydrogens (tertiary/aromatic N) is 2. The summed E-state index contributed by atoms with van der Waals surface area (Å²) in [5, 5.41) is 3.66. The predicted octanol–water partition coefficient (Wildman–Crippen LogP) is 3.89. The first-order chi connectivity index (χ1) is 15.0. The zero-order valence-electron chi connectivity index (χ0n) is 18.2. The van der Waals surface area contributed by atoms with Crippen molar-refractivity contribution in [2.75, 3.05) is 25.5 Å². The van der Waals surface area contributed by atoms with Crippen molar-refractivity contribution in [1.82, 2.24) is 9.88 Å². The van der Waals surface area contributed by atoms with Crippen molar-refractivity contribution in [3.63, 3.8) is 0 Å². The van der Waals surface area contributed by atoms with Gasteiger partial charge >= 0.3 is 5.97 Å². The van der Waals surface area contributed by atoms with Crippen molar-refractivity contribution in [3.8, 4) is 0 Å². The summed E-state index contributed by atoms with van der Waals surface area (Å²) in [6.45, 7) is 5.18. The zero-order valence-corrected chi connectivity index (χ0v) is 18.2. The number of rotatable bonds is 5. The molecule has 1 amide bonds. The second-order valence-electron chi connectivity index (χ2n) is 8.00. The summed E-state index contributed by atoms with van der Waals surface area (Å²) in [5.41, 5.74) is 5.94.